The summed E-state index contributed by atoms with van der Waals surface area (Å²) < 4.78 is 10.6. The summed E-state index contributed by atoms with van der Waals surface area (Å²) >= 11 is 0. The first kappa shape index (κ1) is 9.23. The van der Waals surface area contributed by atoms with Gasteiger partial charge in [0.2, 0.25) is 0 Å². The minimum absolute atomic E-state index is 0.594. The van der Waals surface area contributed by atoms with E-state index in [1.165, 1.54) is 18.9 Å². The van der Waals surface area contributed by atoms with Crippen LogP contribution in [0, 0.1) is 0 Å². The van der Waals surface area contributed by atoms with Crippen molar-refractivity contribution in [2.75, 3.05) is 13.7 Å². The van der Waals surface area contributed by atoms with Crippen LogP contribution in [0.2, 0.25) is 19.1 Å². The number of epoxide rings is 1. The van der Waals surface area contributed by atoms with Crippen LogP contribution in [0.1, 0.15) is 12.8 Å². The fraction of sp³-hybridized carbons (Fsp3) is 1.00. The molecule has 2 nitrogen and oxygen atoms in total. The van der Waals surface area contributed by atoms with Crippen molar-refractivity contribution < 1.29 is 9.16 Å². The smallest absolute Gasteiger partial charge is 0.186 e. The van der Waals surface area contributed by atoms with E-state index in [4.69, 9.17) is 9.16 Å². The highest BCUT2D eigenvalue weighted by molar-refractivity contribution is 6.71. The lowest BCUT2D eigenvalue weighted by Crippen LogP contribution is -2.28. The SMILES string of the molecule is CO[Si](C)(C)CCCC1CO1. The van der Waals surface area contributed by atoms with Crippen LogP contribution in [0.15, 0.2) is 0 Å². The number of rotatable bonds is 5. The molecule has 11 heavy (non-hydrogen) atoms. The van der Waals surface area contributed by atoms with Gasteiger partial charge in [0.05, 0.1) is 12.7 Å². The Morgan fingerprint density at radius 2 is 2.18 bits per heavy atom. The largest absolute Gasteiger partial charge is 0.420 e. The van der Waals surface area contributed by atoms with Crippen molar-refractivity contribution in [2.45, 2.75) is 38.1 Å². The van der Waals surface area contributed by atoms with Gasteiger partial charge >= 0.3 is 0 Å². The summed E-state index contributed by atoms with van der Waals surface area (Å²) in [6.07, 6.45) is 3.11. The van der Waals surface area contributed by atoms with E-state index in [0.29, 0.717) is 6.10 Å². The molecule has 1 aliphatic heterocycles. The van der Waals surface area contributed by atoms with Gasteiger partial charge in [0.15, 0.2) is 8.32 Å². The second-order valence-electron chi connectivity index (χ2n) is 3.81. The summed E-state index contributed by atoms with van der Waals surface area (Å²) in [6, 6.07) is 1.27. The van der Waals surface area contributed by atoms with Gasteiger partial charge in [-0.25, -0.2) is 0 Å². The van der Waals surface area contributed by atoms with Crippen molar-refractivity contribution in [3.63, 3.8) is 0 Å². The zero-order chi connectivity index (χ0) is 8.32. The standard InChI is InChI=1S/C8H18O2Si/c1-9-11(2,3)6-4-5-8-7-10-8/h8H,4-7H2,1-3H3. The topological polar surface area (TPSA) is 21.8 Å². The Morgan fingerprint density at radius 1 is 1.55 bits per heavy atom. The Hall–Kier alpha value is 0.137. The fourth-order valence-electron chi connectivity index (χ4n) is 1.09. The maximum absolute atomic E-state index is 5.44. The highest BCUT2D eigenvalue weighted by atomic mass is 28.4. The predicted molar refractivity (Wildman–Crippen MR) is 48.3 cm³/mol. The van der Waals surface area contributed by atoms with E-state index in [1.54, 1.807) is 0 Å². The molecule has 0 saturated carbocycles. The predicted octanol–water partition coefficient (Wildman–Crippen LogP) is 2.02. The Morgan fingerprint density at radius 3 is 2.64 bits per heavy atom. The molecule has 3 heteroatoms. The van der Waals surface area contributed by atoms with Gasteiger partial charge in [0, 0.05) is 7.11 Å². The number of hydrogen-bond acceptors (Lipinski definition) is 2. The number of ether oxygens (including phenoxy) is 1. The molecule has 0 aromatic heterocycles. The minimum atomic E-state index is -1.27. The van der Waals surface area contributed by atoms with Gasteiger partial charge in [-0.2, -0.15) is 0 Å². The van der Waals surface area contributed by atoms with Gasteiger partial charge in [-0.15, -0.1) is 0 Å². The summed E-state index contributed by atoms with van der Waals surface area (Å²) in [5.74, 6) is 0. The lowest BCUT2D eigenvalue weighted by Gasteiger charge is -2.19. The van der Waals surface area contributed by atoms with Crippen molar-refractivity contribution in [1.29, 1.82) is 0 Å². The molecule has 1 fully saturated rings. The van der Waals surface area contributed by atoms with Crippen molar-refractivity contribution >= 4 is 8.32 Å². The summed E-state index contributed by atoms with van der Waals surface area (Å²) in [6.45, 7) is 5.52. The zero-order valence-corrected chi connectivity index (χ0v) is 8.72. The molecule has 1 aliphatic rings. The maximum atomic E-state index is 5.44. The van der Waals surface area contributed by atoms with Crippen LogP contribution < -0.4 is 0 Å². The van der Waals surface area contributed by atoms with Gasteiger partial charge in [-0.3, -0.25) is 0 Å². The Kier molecular flexibility index (Phi) is 3.10. The van der Waals surface area contributed by atoms with E-state index in [-0.39, 0.29) is 0 Å². The van der Waals surface area contributed by atoms with Gasteiger partial charge in [-0.1, -0.05) is 6.42 Å². The Bertz CT molecular complexity index is 121. The molecule has 1 rings (SSSR count). The molecule has 0 radical (unpaired) electrons. The van der Waals surface area contributed by atoms with Crippen LogP contribution in [0.5, 0.6) is 0 Å². The van der Waals surface area contributed by atoms with Gasteiger partial charge in [-0.05, 0) is 25.6 Å². The van der Waals surface area contributed by atoms with E-state index in [2.05, 4.69) is 13.1 Å². The third-order valence-electron chi connectivity index (χ3n) is 2.26. The molecule has 0 aromatic rings. The third kappa shape index (κ3) is 3.89. The zero-order valence-electron chi connectivity index (χ0n) is 7.72. The first-order valence-corrected chi connectivity index (χ1v) is 7.42. The molecular formula is C8H18O2Si. The first-order chi connectivity index (χ1) is 5.14. The minimum Gasteiger partial charge on any atom is -0.420 e. The Balaban J connectivity index is 1.99. The summed E-state index contributed by atoms with van der Waals surface area (Å²) in [5.41, 5.74) is 0. The van der Waals surface area contributed by atoms with Crippen LogP contribution in [0.3, 0.4) is 0 Å². The molecular weight excluding hydrogens is 156 g/mol. The fourth-order valence-corrected chi connectivity index (χ4v) is 2.35. The quantitative estimate of drug-likeness (QED) is 0.470. The summed E-state index contributed by atoms with van der Waals surface area (Å²) in [7, 11) is 0.561. The van der Waals surface area contributed by atoms with Crippen molar-refractivity contribution in [3.8, 4) is 0 Å². The van der Waals surface area contributed by atoms with Crippen LogP contribution in [-0.4, -0.2) is 28.1 Å². The van der Waals surface area contributed by atoms with Gasteiger partial charge in [0.1, 0.15) is 0 Å². The van der Waals surface area contributed by atoms with Gasteiger partial charge in [0.25, 0.3) is 0 Å². The third-order valence-corrected chi connectivity index (χ3v) is 4.92. The molecule has 0 bridgehead atoms. The van der Waals surface area contributed by atoms with Crippen LogP contribution in [0.4, 0.5) is 0 Å². The average Bonchev–Trinajstić information content (AvgIpc) is 2.71. The van der Waals surface area contributed by atoms with E-state index in [0.717, 1.165) is 6.61 Å². The molecule has 1 atom stereocenters. The van der Waals surface area contributed by atoms with E-state index in [9.17, 15) is 0 Å². The van der Waals surface area contributed by atoms with E-state index < -0.39 is 8.32 Å². The normalized spacial score (nSPS) is 23.7. The summed E-state index contributed by atoms with van der Waals surface area (Å²) in [4.78, 5) is 0. The van der Waals surface area contributed by atoms with E-state index in [1.807, 2.05) is 7.11 Å². The maximum Gasteiger partial charge on any atom is 0.186 e. The molecule has 1 unspecified atom stereocenters. The van der Waals surface area contributed by atoms with Crippen LogP contribution in [0.25, 0.3) is 0 Å². The molecule has 1 heterocycles. The second kappa shape index (κ2) is 3.69. The highest BCUT2D eigenvalue weighted by Crippen LogP contribution is 2.20. The second-order valence-corrected chi connectivity index (χ2v) is 8.24. The first-order valence-electron chi connectivity index (χ1n) is 4.31. The average molecular weight is 174 g/mol. The van der Waals surface area contributed by atoms with Crippen molar-refractivity contribution in [2.24, 2.45) is 0 Å². The molecule has 0 N–H and O–H groups in total. The highest BCUT2D eigenvalue weighted by Gasteiger charge is 2.25. The monoisotopic (exact) mass is 174 g/mol. The van der Waals surface area contributed by atoms with Crippen molar-refractivity contribution in [1.82, 2.24) is 0 Å². The van der Waals surface area contributed by atoms with E-state index >= 15 is 0 Å². The summed E-state index contributed by atoms with van der Waals surface area (Å²) in [5, 5.41) is 0. The lowest BCUT2D eigenvalue weighted by atomic mass is 10.3. The lowest BCUT2D eigenvalue weighted by molar-refractivity contribution is 0.383. The molecule has 66 valence electrons. The molecule has 0 aromatic carbocycles. The van der Waals surface area contributed by atoms with Crippen LogP contribution >= 0.6 is 0 Å². The van der Waals surface area contributed by atoms with Gasteiger partial charge < -0.3 is 9.16 Å². The number of hydrogen-bond donors (Lipinski definition) is 0. The molecule has 0 amide bonds. The van der Waals surface area contributed by atoms with Crippen LogP contribution in [-0.2, 0) is 9.16 Å². The molecule has 0 spiro atoms. The molecule has 0 aliphatic carbocycles. The van der Waals surface area contributed by atoms with Crippen molar-refractivity contribution in [3.05, 3.63) is 0 Å². The Labute approximate surface area is 70.0 Å². The molecule has 1 saturated heterocycles.